The van der Waals surface area contributed by atoms with E-state index in [0.29, 0.717) is 17.7 Å². The van der Waals surface area contributed by atoms with Crippen molar-refractivity contribution in [3.8, 4) is 0 Å². The number of allylic oxidation sites excluding steroid dienone is 4. The summed E-state index contributed by atoms with van der Waals surface area (Å²) in [4.78, 5) is 26.6. The standard InChI is InChI=1S/C17H16FNO2/c1-17(2)14-6-4-3-5-13(14)15(20)19(16(17)21)12-9-7-11(18)8-10-12/h3-7,9H,8,10H2,1-2H3. The maximum absolute atomic E-state index is 13.1. The fourth-order valence-corrected chi connectivity index (χ4v) is 2.87. The molecule has 2 amide bonds. The minimum Gasteiger partial charge on any atom is -0.273 e. The van der Waals surface area contributed by atoms with Crippen LogP contribution in [0.3, 0.4) is 0 Å². The van der Waals surface area contributed by atoms with Crippen molar-refractivity contribution in [2.45, 2.75) is 32.1 Å². The molecule has 0 unspecified atom stereocenters. The van der Waals surface area contributed by atoms with Gasteiger partial charge in [0.25, 0.3) is 5.91 Å². The van der Waals surface area contributed by atoms with Gasteiger partial charge in [0.15, 0.2) is 0 Å². The molecule has 0 bridgehead atoms. The lowest BCUT2D eigenvalue weighted by Gasteiger charge is -2.38. The van der Waals surface area contributed by atoms with Gasteiger partial charge in [0, 0.05) is 17.7 Å². The fraction of sp³-hybridized carbons (Fsp3) is 0.294. The molecule has 0 fully saturated rings. The Morgan fingerprint density at radius 2 is 1.81 bits per heavy atom. The quantitative estimate of drug-likeness (QED) is 0.741. The van der Waals surface area contributed by atoms with Gasteiger partial charge in [-0.3, -0.25) is 9.59 Å². The number of carbonyl (C=O) groups excluding carboxylic acids is 2. The third-order valence-corrected chi connectivity index (χ3v) is 4.14. The Morgan fingerprint density at radius 1 is 1.10 bits per heavy atom. The van der Waals surface area contributed by atoms with Crippen molar-refractivity contribution in [1.29, 1.82) is 0 Å². The van der Waals surface area contributed by atoms with E-state index in [0.717, 1.165) is 5.56 Å². The highest BCUT2D eigenvalue weighted by molar-refractivity contribution is 6.14. The molecule has 0 aromatic heterocycles. The van der Waals surface area contributed by atoms with Crippen LogP contribution in [-0.2, 0) is 10.2 Å². The molecule has 0 radical (unpaired) electrons. The molecule has 1 aromatic rings. The van der Waals surface area contributed by atoms with Gasteiger partial charge < -0.3 is 0 Å². The molecule has 3 nitrogen and oxygen atoms in total. The molecular weight excluding hydrogens is 269 g/mol. The number of benzene rings is 1. The van der Waals surface area contributed by atoms with E-state index in [4.69, 9.17) is 0 Å². The first-order valence-electron chi connectivity index (χ1n) is 6.96. The average Bonchev–Trinajstić information content (AvgIpc) is 2.48. The maximum Gasteiger partial charge on any atom is 0.265 e. The second kappa shape index (κ2) is 4.65. The van der Waals surface area contributed by atoms with Crippen LogP contribution < -0.4 is 0 Å². The predicted octanol–water partition coefficient (Wildman–Crippen LogP) is 3.48. The summed E-state index contributed by atoms with van der Waals surface area (Å²) in [5, 5.41) is 0. The summed E-state index contributed by atoms with van der Waals surface area (Å²) in [6.07, 6.45) is 3.44. The van der Waals surface area contributed by atoms with Crippen LogP contribution >= 0.6 is 0 Å². The summed E-state index contributed by atoms with van der Waals surface area (Å²) in [6, 6.07) is 7.17. The van der Waals surface area contributed by atoms with Crippen LogP contribution in [0.4, 0.5) is 4.39 Å². The van der Waals surface area contributed by atoms with E-state index in [9.17, 15) is 14.0 Å². The summed E-state index contributed by atoms with van der Waals surface area (Å²) in [6.45, 7) is 3.63. The molecule has 0 saturated carbocycles. The normalized spacial score (nSPS) is 20.8. The molecule has 1 heterocycles. The van der Waals surface area contributed by atoms with Gasteiger partial charge in [-0.15, -0.1) is 0 Å². The summed E-state index contributed by atoms with van der Waals surface area (Å²) >= 11 is 0. The van der Waals surface area contributed by atoms with Gasteiger partial charge in [0.1, 0.15) is 5.83 Å². The Balaban J connectivity index is 2.13. The fourth-order valence-electron chi connectivity index (χ4n) is 2.87. The summed E-state index contributed by atoms with van der Waals surface area (Å²) in [5.41, 5.74) is 1.08. The minimum atomic E-state index is -0.773. The van der Waals surface area contributed by atoms with Crippen molar-refractivity contribution in [3.63, 3.8) is 0 Å². The lowest BCUT2D eigenvalue weighted by atomic mass is 9.77. The molecular formula is C17H16FNO2. The Bertz CT molecular complexity index is 700. The number of fused-ring (bicyclic) bond motifs is 1. The zero-order chi connectivity index (χ0) is 15.2. The van der Waals surface area contributed by atoms with Crippen LogP contribution in [0.25, 0.3) is 0 Å². The third-order valence-electron chi connectivity index (χ3n) is 4.14. The van der Waals surface area contributed by atoms with Crippen molar-refractivity contribution >= 4 is 11.8 Å². The zero-order valence-corrected chi connectivity index (χ0v) is 12.0. The summed E-state index contributed by atoms with van der Waals surface area (Å²) in [7, 11) is 0. The third kappa shape index (κ3) is 2.02. The highest BCUT2D eigenvalue weighted by atomic mass is 19.1. The smallest absolute Gasteiger partial charge is 0.265 e. The molecule has 108 valence electrons. The SMILES string of the molecule is CC1(C)C(=O)N(C2=CC=C(F)CC2)C(=O)c2ccccc21. The van der Waals surface area contributed by atoms with Gasteiger partial charge in [0.2, 0.25) is 5.91 Å². The number of amides is 2. The maximum atomic E-state index is 13.1. The van der Waals surface area contributed by atoms with Crippen LogP contribution in [0.1, 0.15) is 42.6 Å². The van der Waals surface area contributed by atoms with Crippen molar-refractivity contribution in [1.82, 2.24) is 4.90 Å². The number of nitrogens with zero attached hydrogens (tertiary/aromatic N) is 1. The Kier molecular flexibility index (Phi) is 3.04. The molecule has 21 heavy (non-hydrogen) atoms. The second-order valence-corrected chi connectivity index (χ2v) is 5.89. The summed E-state index contributed by atoms with van der Waals surface area (Å²) < 4.78 is 13.1. The first-order valence-corrected chi connectivity index (χ1v) is 6.96. The Morgan fingerprint density at radius 3 is 2.48 bits per heavy atom. The highest BCUT2D eigenvalue weighted by Crippen LogP contribution is 2.37. The van der Waals surface area contributed by atoms with Crippen LogP contribution in [0.5, 0.6) is 0 Å². The molecule has 1 aliphatic carbocycles. The number of imide groups is 1. The molecule has 0 saturated heterocycles. The Hall–Kier alpha value is -2.23. The molecule has 0 spiro atoms. The average molecular weight is 285 g/mol. The van der Waals surface area contributed by atoms with Gasteiger partial charge in [-0.05, 0) is 44.1 Å². The molecule has 2 aliphatic rings. The lowest BCUT2D eigenvalue weighted by Crippen LogP contribution is -2.51. The predicted molar refractivity (Wildman–Crippen MR) is 77.2 cm³/mol. The van der Waals surface area contributed by atoms with E-state index in [2.05, 4.69) is 0 Å². The van der Waals surface area contributed by atoms with Crippen molar-refractivity contribution in [2.75, 3.05) is 0 Å². The number of halogens is 1. The lowest BCUT2D eigenvalue weighted by molar-refractivity contribution is -0.132. The topological polar surface area (TPSA) is 37.4 Å². The Labute approximate surface area is 122 Å². The van der Waals surface area contributed by atoms with E-state index < -0.39 is 5.41 Å². The number of rotatable bonds is 1. The van der Waals surface area contributed by atoms with E-state index in [1.807, 2.05) is 26.0 Å². The number of hydrogen-bond acceptors (Lipinski definition) is 2. The molecule has 0 atom stereocenters. The van der Waals surface area contributed by atoms with Gasteiger partial charge in [-0.2, -0.15) is 0 Å². The number of carbonyl (C=O) groups is 2. The summed E-state index contributed by atoms with van der Waals surface area (Å²) in [5.74, 6) is -0.805. The van der Waals surface area contributed by atoms with Gasteiger partial charge in [0.05, 0.1) is 5.41 Å². The van der Waals surface area contributed by atoms with Crippen molar-refractivity contribution in [3.05, 3.63) is 59.1 Å². The first-order chi connectivity index (χ1) is 9.93. The van der Waals surface area contributed by atoms with Crippen LogP contribution in [-0.4, -0.2) is 16.7 Å². The molecule has 0 N–H and O–H groups in total. The molecule has 4 heteroatoms. The van der Waals surface area contributed by atoms with Crippen LogP contribution in [0.15, 0.2) is 47.9 Å². The second-order valence-electron chi connectivity index (χ2n) is 5.89. The van der Waals surface area contributed by atoms with E-state index in [1.54, 1.807) is 12.1 Å². The van der Waals surface area contributed by atoms with E-state index >= 15 is 0 Å². The van der Waals surface area contributed by atoms with E-state index in [1.165, 1.54) is 17.1 Å². The molecule has 1 aromatic carbocycles. The van der Waals surface area contributed by atoms with Crippen LogP contribution in [0, 0.1) is 0 Å². The van der Waals surface area contributed by atoms with Gasteiger partial charge in [-0.25, -0.2) is 9.29 Å². The van der Waals surface area contributed by atoms with E-state index in [-0.39, 0.29) is 24.1 Å². The van der Waals surface area contributed by atoms with Crippen molar-refractivity contribution in [2.24, 2.45) is 0 Å². The highest BCUT2D eigenvalue weighted by Gasteiger charge is 2.45. The van der Waals surface area contributed by atoms with Crippen molar-refractivity contribution < 1.29 is 14.0 Å². The monoisotopic (exact) mass is 285 g/mol. The molecule has 1 aliphatic heterocycles. The molecule has 3 rings (SSSR count). The number of hydrogen-bond donors (Lipinski definition) is 0. The van der Waals surface area contributed by atoms with Crippen LogP contribution in [0.2, 0.25) is 0 Å². The van der Waals surface area contributed by atoms with Gasteiger partial charge in [-0.1, -0.05) is 18.2 Å². The zero-order valence-electron chi connectivity index (χ0n) is 12.0. The minimum absolute atomic E-state index is 0.227. The largest absolute Gasteiger partial charge is 0.273 e. The first kappa shape index (κ1) is 13.7. The van der Waals surface area contributed by atoms with Gasteiger partial charge >= 0.3 is 0 Å².